The first-order chi connectivity index (χ1) is 7.68. The molecule has 1 aromatic carbocycles. The molecule has 0 saturated carbocycles. The van der Waals surface area contributed by atoms with E-state index < -0.39 is 0 Å². The van der Waals surface area contributed by atoms with Crippen LogP contribution < -0.4 is 5.73 Å². The lowest BCUT2D eigenvalue weighted by molar-refractivity contribution is 0.0771. The normalized spacial score (nSPS) is 15.2. The molecule has 1 aliphatic heterocycles. The quantitative estimate of drug-likeness (QED) is 0.601. The first-order valence-corrected chi connectivity index (χ1v) is 5.55. The van der Waals surface area contributed by atoms with E-state index in [1.807, 2.05) is 6.08 Å². The first-order valence-electron chi connectivity index (χ1n) is 5.18. The van der Waals surface area contributed by atoms with Crippen LogP contribution in [0.5, 0.6) is 0 Å². The van der Waals surface area contributed by atoms with Gasteiger partial charge in [0.1, 0.15) is 0 Å². The molecule has 0 aliphatic carbocycles. The summed E-state index contributed by atoms with van der Waals surface area (Å²) in [6.07, 6.45) is 4.99. The van der Waals surface area contributed by atoms with Crippen LogP contribution in [-0.4, -0.2) is 23.9 Å². The second kappa shape index (κ2) is 4.58. The molecular weight excluding hydrogens is 224 g/mol. The summed E-state index contributed by atoms with van der Waals surface area (Å²) in [5.41, 5.74) is 6.69. The SMILES string of the molecule is Nc1ccc(C(=O)N2CC=CCC2)cc1Cl. The lowest BCUT2D eigenvalue weighted by atomic mass is 10.1. The molecule has 2 rings (SSSR count). The van der Waals surface area contributed by atoms with Crippen LogP contribution in [0.25, 0.3) is 0 Å². The van der Waals surface area contributed by atoms with Gasteiger partial charge in [0.05, 0.1) is 10.7 Å². The maximum atomic E-state index is 12.1. The molecule has 16 heavy (non-hydrogen) atoms. The van der Waals surface area contributed by atoms with Crippen LogP contribution >= 0.6 is 11.6 Å². The molecule has 84 valence electrons. The smallest absolute Gasteiger partial charge is 0.254 e. The molecule has 0 spiro atoms. The lowest BCUT2D eigenvalue weighted by Gasteiger charge is -2.23. The van der Waals surface area contributed by atoms with E-state index in [2.05, 4.69) is 6.08 Å². The predicted octanol–water partition coefficient (Wildman–Crippen LogP) is 2.32. The molecule has 2 N–H and O–H groups in total. The molecule has 1 aliphatic rings. The Labute approximate surface area is 99.5 Å². The van der Waals surface area contributed by atoms with Gasteiger partial charge in [-0.2, -0.15) is 0 Å². The largest absolute Gasteiger partial charge is 0.398 e. The van der Waals surface area contributed by atoms with E-state index in [0.717, 1.165) is 13.0 Å². The molecule has 0 fully saturated rings. The molecule has 0 bridgehead atoms. The van der Waals surface area contributed by atoms with Crippen LogP contribution in [0.3, 0.4) is 0 Å². The van der Waals surface area contributed by atoms with Crippen LogP contribution in [0.4, 0.5) is 5.69 Å². The zero-order valence-electron chi connectivity index (χ0n) is 8.82. The molecule has 1 amide bonds. The van der Waals surface area contributed by atoms with E-state index >= 15 is 0 Å². The van der Waals surface area contributed by atoms with Crippen molar-refractivity contribution in [2.75, 3.05) is 18.8 Å². The zero-order valence-corrected chi connectivity index (χ0v) is 9.57. The highest BCUT2D eigenvalue weighted by Gasteiger charge is 2.16. The van der Waals surface area contributed by atoms with E-state index in [-0.39, 0.29) is 5.91 Å². The van der Waals surface area contributed by atoms with Gasteiger partial charge in [-0.05, 0) is 24.6 Å². The van der Waals surface area contributed by atoms with Gasteiger partial charge in [0.2, 0.25) is 0 Å². The molecule has 0 radical (unpaired) electrons. The number of carbonyl (C=O) groups excluding carboxylic acids is 1. The Hall–Kier alpha value is -1.48. The van der Waals surface area contributed by atoms with Gasteiger partial charge in [-0.25, -0.2) is 0 Å². The fraction of sp³-hybridized carbons (Fsp3) is 0.250. The van der Waals surface area contributed by atoms with Gasteiger partial charge in [-0.3, -0.25) is 4.79 Å². The minimum atomic E-state index is 0.00579. The van der Waals surface area contributed by atoms with Gasteiger partial charge >= 0.3 is 0 Å². The molecule has 0 aromatic heterocycles. The topological polar surface area (TPSA) is 46.3 Å². The molecular formula is C12H13ClN2O. The molecule has 0 unspecified atom stereocenters. The Bertz CT molecular complexity index is 443. The minimum Gasteiger partial charge on any atom is -0.398 e. The molecule has 0 saturated heterocycles. The van der Waals surface area contributed by atoms with E-state index in [1.54, 1.807) is 23.1 Å². The summed E-state index contributed by atoms with van der Waals surface area (Å²) in [4.78, 5) is 13.8. The summed E-state index contributed by atoms with van der Waals surface area (Å²) in [7, 11) is 0. The Balaban J connectivity index is 2.20. The van der Waals surface area contributed by atoms with Crippen LogP contribution in [0.15, 0.2) is 30.4 Å². The fourth-order valence-electron chi connectivity index (χ4n) is 1.67. The van der Waals surface area contributed by atoms with Crippen molar-refractivity contribution in [3.05, 3.63) is 40.9 Å². The van der Waals surface area contributed by atoms with Gasteiger partial charge in [0.25, 0.3) is 5.91 Å². The second-order valence-corrected chi connectivity index (χ2v) is 4.15. The van der Waals surface area contributed by atoms with Gasteiger partial charge in [0, 0.05) is 18.7 Å². The monoisotopic (exact) mass is 236 g/mol. The third-order valence-electron chi connectivity index (χ3n) is 2.59. The first kappa shape index (κ1) is 11.0. The van der Waals surface area contributed by atoms with Crippen molar-refractivity contribution in [1.82, 2.24) is 4.90 Å². The van der Waals surface area contributed by atoms with Crippen molar-refractivity contribution in [3.63, 3.8) is 0 Å². The van der Waals surface area contributed by atoms with Crippen molar-refractivity contribution >= 4 is 23.2 Å². The van der Waals surface area contributed by atoms with Crippen LogP contribution in [0.1, 0.15) is 16.8 Å². The summed E-state index contributed by atoms with van der Waals surface area (Å²) >= 11 is 5.89. The number of hydrogen-bond donors (Lipinski definition) is 1. The van der Waals surface area contributed by atoms with Crippen molar-refractivity contribution in [1.29, 1.82) is 0 Å². The predicted molar refractivity (Wildman–Crippen MR) is 65.5 cm³/mol. The maximum absolute atomic E-state index is 12.1. The Morgan fingerprint density at radius 2 is 2.19 bits per heavy atom. The molecule has 1 heterocycles. The number of benzene rings is 1. The maximum Gasteiger partial charge on any atom is 0.254 e. The fourth-order valence-corrected chi connectivity index (χ4v) is 1.85. The van der Waals surface area contributed by atoms with Crippen LogP contribution in [-0.2, 0) is 0 Å². The molecule has 3 nitrogen and oxygen atoms in total. The average Bonchev–Trinajstić information content (AvgIpc) is 2.33. The van der Waals surface area contributed by atoms with Gasteiger partial charge in [-0.1, -0.05) is 23.8 Å². The van der Waals surface area contributed by atoms with E-state index in [1.165, 1.54) is 0 Å². The summed E-state index contributed by atoms with van der Waals surface area (Å²) in [6, 6.07) is 4.99. The summed E-state index contributed by atoms with van der Waals surface area (Å²) in [6.45, 7) is 1.43. The minimum absolute atomic E-state index is 0.00579. The summed E-state index contributed by atoms with van der Waals surface area (Å²) < 4.78 is 0. The van der Waals surface area contributed by atoms with Crippen molar-refractivity contribution in [3.8, 4) is 0 Å². The number of amides is 1. The van der Waals surface area contributed by atoms with E-state index in [4.69, 9.17) is 17.3 Å². The number of anilines is 1. The highest BCUT2D eigenvalue weighted by molar-refractivity contribution is 6.33. The third-order valence-corrected chi connectivity index (χ3v) is 2.92. The number of rotatable bonds is 1. The van der Waals surface area contributed by atoms with E-state index in [0.29, 0.717) is 22.8 Å². The molecule has 1 aromatic rings. The molecule has 4 heteroatoms. The number of halogens is 1. The van der Waals surface area contributed by atoms with Crippen LogP contribution in [0.2, 0.25) is 5.02 Å². The molecule has 0 atom stereocenters. The van der Waals surface area contributed by atoms with Gasteiger partial charge in [-0.15, -0.1) is 0 Å². The number of nitrogens with two attached hydrogens (primary N) is 1. The number of nitrogens with zero attached hydrogens (tertiary/aromatic N) is 1. The van der Waals surface area contributed by atoms with Crippen molar-refractivity contribution < 1.29 is 4.79 Å². The summed E-state index contributed by atoms with van der Waals surface area (Å²) in [5.74, 6) is 0.00579. The zero-order chi connectivity index (χ0) is 11.5. The van der Waals surface area contributed by atoms with Crippen molar-refractivity contribution in [2.45, 2.75) is 6.42 Å². The lowest BCUT2D eigenvalue weighted by Crippen LogP contribution is -2.33. The van der Waals surface area contributed by atoms with E-state index in [9.17, 15) is 4.79 Å². The number of hydrogen-bond acceptors (Lipinski definition) is 2. The highest BCUT2D eigenvalue weighted by Crippen LogP contribution is 2.21. The van der Waals surface area contributed by atoms with Gasteiger partial charge < -0.3 is 10.6 Å². The Morgan fingerprint density at radius 3 is 2.81 bits per heavy atom. The van der Waals surface area contributed by atoms with Crippen LogP contribution in [0, 0.1) is 0 Å². The van der Waals surface area contributed by atoms with Crippen molar-refractivity contribution in [2.24, 2.45) is 0 Å². The standard InChI is InChI=1S/C12H13ClN2O/c13-10-8-9(4-5-11(10)14)12(16)15-6-2-1-3-7-15/h1-2,4-5,8H,3,6-7,14H2. The second-order valence-electron chi connectivity index (χ2n) is 3.75. The Kier molecular flexibility index (Phi) is 3.15. The number of carbonyl (C=O) groups is 1. The third kappa shape index (κ3) is 2.19. The Morgan fingerprint density at radius 1 is 1.38 bits per heavy atom. The average molecular weight is 237 g/mol. The number of nitrogen functional groups attached to an aromatic ring is 1. The highest BCUT2D eigenvalue weighted by atomic mass is 35.5. The summed E-state index contributed by atoms with van der Waals surface area (Å²) in [5, 5.41) is 0.429. The van der Waals surface area contributed by atoms with Gasteiger partial charge in [0.15, 0.2) is 0 Å².